The lowest BCUT2D eigenvalue weighted by molar-refractivity contribution is 0.141. The highest BCUT2D eigenvalue weighted by Gasteiger charge is 2.11. The van der Waals surface area contributed by atoms with Gasteiger partial charge in [-0.15, -0.1) is 0 Å². The molecule has 1 rings (SSSR count). The second-order valence-corrected chi connectivity index (χ2v) is 5.63. The Morgan fingerprint density at radius 3 is 2.21 bits per heavy atom. The first-order chi connectivity index (χ1) is 9.08. The molecule has 0 saturated carbocycles. The Balaban J connectivity index is 2.53. The Labute approximate surface area is 126 Å². The van der Waals surface area contributed by atoms with Crippen LogP contribution in [0.1, 0.15) is 44.8 Å². The predicted molar refractivity (Wildman–Crippen MR) is 83.1 cm³/mol. The van der Waals surface area contributed by atoms with Crippen molar-refractivity contribution in [1.82, 2.24) is 4.90 Å². The minimum atomic E-state index is -0.481. The van der Waals surface area contributed by atoms with Crippen LogP contribution in [0.3, 0.4) is 0 Å². The van der Waals surface area contributed by atoms with Gasteiger partial charge >= 0.3 is 0 Å². The van der Waals surface area contributed by atoms with Gasteiger partial charge in [-0.1, -0.05) is 43.1 Å². The summed E-state index contributed by atoms with van der Waals surface area (Å²) in [5, 5.41) is 11.2. The van der Waals surface area contributed by atoms with Gasteiger partial charge in [-0.2, -0.15) is 0 Å². The van der Waals surface area contributed by atoms with Crippen molar-refractivity contribution in [3.8, 4) is 0 Å². The maximum absolute atomic E-state index is 10.2. The highest BCUT2D eigenvalue weighted by Crippen LogP contribution is 2.26. The molecule has 2 nitrogen and oxygen atoms in total. The average molecular weight is 304 g/mol. The topological polar surface area (TPSA) is 23.5 Å². The minimum Gasteiger partial charge on any atom is -0.388 e. The summed E-state index contributed by atoms with van der Waals surface area (Å²) < 4.78 is 0. The van der Waals surface area contributed by atoms with Crippen molar-refractivity contribution < 1.29 is 5.11 Å². The van der Waals surface area contributed by atoms with E-state index in [0.29, 0.717) is 10.0 Å². The van der Waals surface area contributed by atoms with Crippen molar-refractivity contribution in [2.45, 2.75) is 39.2 Å². The van der Waals surface area contributed by atoms with Crippen LogP contribution in [0.5, 0.6) is 0 Å². The largest absolute Gasteiger partial charge is 0.388 e. The van der Waals surface area contributed by atoms with E-state index in [4.69, 9.17) is 23.2 Å². The number of aliphatic hydroxyl groups excluding tert-OH is 1. The molecule has 0 radical (unpaired) electrons. The third-order valence-corrected chi connectivity index (χ3v) is 3.87. The Morgan fingerprint density at radius 2 is 1.68 bits per heavy atom. The Morgan fingerprint density at radius 1 is 1.05 bits per heavy atom. The fraction of sp³-hybridized carbons (Fsp3) is 0.600. The lowest BCUT2D eigenvalue weighted by Gasteiger charge is -2.22. The van der Waals surface area contributed by atoms with Crippen LogP contribution in [0.25, 0.3) is 0 Å². The molecular formula is C15H23Cl2NO. The lowest BCUT2D eigenvalue weighted by Crippen LogP contribution is -2.27. The Hall–Kier alpha value is -0.280. The molecule has 0 aromatic heterocycles. The molecule has 1 unspecified atom stereocenters. The van der Waals surface area contributed by atoms with E-state index in [-0.39, 0.29) is 0 Å². The molecule has 0 aliphatic rings. The van der Waals surface area contributed by atoms with Crippen molar-refractivity contribution >= 4 is 23.2 Å². The van der Waals surface area contributed by atoms with Gasteiger partial charge in [0.1, 0.15) is 0 Å². The summed E-state index contributed by atoms with van der Waals surface area (Å²) in [7, 11) is 0. The molecule has 1 atom stereocenters. The van der Waals surface area contributed by atoms with E-state index in [1.54, 1.807) is 12.1 Å². The van der Waals surface area contributed by atoms with Crippen molar-refractivity contribution in [3.63, 3.8) is 0 Å². The molecule has 19 heavy (non-hydrogen) atoms. The normalized spacial score (nSPS) is 12.9. The van der Waals surface area contributed by atoms with E-state index in [2.05, 4.69) is 18.7 Å². The number of hydrogen-bond acceptors (Lipinski definition) is 2. The number of aliphatic hydroxyl groups is 1. The van der Waals surface area contributed by atoms with Crippen LogP contribution in [-0.4, -0.2) is 29.6 Å². The molecule has 0 aliphatic heterocycles. The SMILES string of the molecule is CCCN(CCC)CCC(O)c1ccc(Cl)c(Cl)c1. The van der Waals surface area contributed by atoms with Crippen molar-refractivity contribution in [2.24, 2.45) is 0 Å². The zero-order valence-corrected chi connectivity index (χ0v) is 13.2. The van der Waals surface area contributed by atoms with Crippen LogP contribution in [0.2, 0.25) is 10.0 Å². The third kappa shape index (κ3) is 5.70. The molecule has 1 N–H and O–H groups in total. The van der Waals surface area contributed by atoms with Gasteiger partial charge in [-0.25, -0.2) is 0 Å². The summed E-state index contributed by atoms with van der Waals surface area (Å²) >= 11 is 11.8. The Kier molecular flexibility index (Phi) is 7.77. The van der Waals surface area contributed by atoms with Crippen molar-refractivity contribution in [1.29, 1.82) is 0 Å². The van der Waals surface area contributed by atoms with E-state index in [1.807, 2.05) is 6.07 Å². The lowest BCUT2D eigenvalue weighted by atomic mass is 10.1. The smallest absolute Gasteiger partial charge is 0.0802 e. The Bertz CT molecular complexity index is 378. The molecule has 0 fully saturated rings. The molecule has 1 aromatic carbocycles. The number of hydrogen-bond donors (Lipinski definition) is 1. The molecular weight excluding hydrogens is 281 g/mol. The zero-order chi connectivity index (χ0) is 14.3. The van der Waals surface area contributed by atoms with Crippen molar-refractivity contribution in [2.75, 3.05) is 19.6 Å². The molecule has 108 valence electrons. The minimum absolute atomic E-state index is 0.481. The summed E-state index contributed by atoms with van der Waals surface area (Å²) in [6, 6.07) is 5.32. The number of nitrogens with zero attached hydrogens (tertiary/aromatic N) is 1. The second kappa shape index (κ2) is 8.80. The van der Waals surface area contributed by atoms with Gasteiger partial charge < -0.3 is 10.0 Å². The summed E-state index contributed by atoms with van der Waals surface area (Å²) in [4.78, 5) is 2.39. The van der Waals surface area contributed by atoms with E-state index >= 15 is 0 Å². The van der Waals surface area contributed by atoms with Gasteiger partial charge in [0.05, 0.1) is 16.1 Å². The molecule has 0 spiro atoms. The average Bonchev–Trinajstić information content (AvgIpc) is 2.39. The fourth-order valence-electron chi connectivity index (χ4n) is 2.16. The van der Waals surface area contributed by atoms with E-state index in [1.165, 1.54) is 0 Å². The molecule has 0 aliphatic carbocycles. The van der Waals surface area contributed by atoms with Gasteiger partial charge in [-0.05, 0) is 50.0 Å². The maximum atomic E-state index is 10.2. The zero-order valence-electron chi connectivity index (χ0n) is 11.7. The first-order valence-corrected chi connectivity index (χ1v) is 7.69. The quantitative estimate of drug-likeness (QED) is 0.762. The summed E-state index contributed by atoms with van der Waals surface area (Å²) in [6.07, 6.45) is 2.52. The van der Waals surface area contributed by atoms with E-state index in [9.17, 15) is 5.11 Å². The van der Waals surface area contributed by atoms with Gasteiger partial charge in [0.15, 0.2) is 0 Å². The van der Waals surface area contributed by atoms with E-state index in [0.717, 1.165) is 44.5 Å². The highest BCUT2D eigenvalue weighted by molar-refractivity contribution is 6.42. The van der Waals surface area contributed by atoms with Gasteiger partial charge in [-0.3, -0.25) is 0 Å². The van der Waals surface area contributed by atoms with Crippen LogP contribution in [0, 0.1) is 0 Å². The van der Waals surface area contributed by atoms with Crippen molar-refractivity contribution in [3.05, 3.63) is 33.8 Å². The summed E-state index contributed by atoms with van der Waals surface area (Å²) in [5.41, 5.74) is 0.836. The molecule has 4 heteroatoms. The summed E-state index contributed by atoms with van der Waals surface area (Å²) in [6.45, 7) is 7.43. The molecule has 0 heterocycles. The van der Waals surface area contributed by atoms with Crippen LogP contribution < -0.4 is 0 Å². The van der Waals surface area contributed by atoms with Gasteiger partial charge in [0.2, 0.25) is 0 Å². The number of rotatable bonds is 8. The number of benzene rings is 1. The van der Waals surface area contributed by atoms with Crippen LogP contribution in [-0.2, 0) is 0 Å². The van der Waals surface area contributed by atoms with Crippen LogP contribution in [0.15, 0.2) is 18.2 Å². The standard InChI is InChI=1S/C15H23Cl2NO/c1-3-8-18(9-4-2)10-7-15(19)12-5-6-13(16)14(17)11-12/h5-6,11,15,19H,3-4,7-10H2,1-2H3. The molecule has 0 amide bonds. The third-order valence-electron chi connectivity index (χ3n) is 3.13. The number of halogens is 2. The summed E-state index contributed by atoms with van der Waals surface area (Å²) in [5.74, 6) is 0. The molecule has 1 aromatic rings. The fourth-order valence-corrected chi connectivity index (χ4v) is 2.47. The first kappa shape index (κ1) is 16.8. The molecule has 0 bridgehead atoms. The van der Waals surface area contributed by atoms with Gasteiger partial charge in [0, 0.05) is 6.54 Å². The van der Waals surface area contributed by atoms with E-state index < -0.39 is 6.10 Å². The molecule has 0 saturated heterocycles. The van der Waals surface area contributed by atoms with Gasteiger partial charge in [0.25, 0.3) is 0 Å². The van der Waals surface area contributed by atoms with Crippen LogP contribution in [0.4, 0.5) is 0 Å². The highest BCUT2D eigenvalue weighted by atomic mass is 35.5. The van der Waals surface area contributed by atoms with Crippen LogP contribution >= 0.6 is 23.2 Å². The predicted octanol–water partition coefficient (Wildman–Crippen LogP) is 4.54. The monoisotopic (exact) mass is 303 g/mol. The maximum Gasteiger partial charge on any atom is 0.0802 e. The first-order valence-electron chi connectivity index (χ1n) is 6.93. The second-order valence-electron chi connectivity index (χ2n) is 4.82.